The predicted octanol–water partition coefficient (Wildman–Crippen LogP) is 4.28. The van der Waals surface area contributed by atoms with Crippen LogP contribution in [0.1, 0.15) is 5.56 Å². The lowest BCUT2D eigenvalue weighted by atomic mass is 10.1. The fourth-order valence-electron chi connectivity index (χ4n) is 2.23. The predicted molar refractivity (Wildman–Crippen MR) is 85.1 cm³/mol. The second-order valence-corrected chi connectivity index (χ2v) is 8.05. The third kappa shape index (κ3) is 2.49. The van der Waals surface area contributed by atoms with Gasteiger partial charge in [0.25, 0.3) is 0 Å². The molecule has 102 valence electrons. The van der Waals surface area contributed by atoms with Gasteiger partial charge in [-0.1, -0.05) is 24.3 Å². The normalized spacial score (nSPS) is 11.9. The highest BCUT2D eigenvalue weighted by molar-refractivity contribution is 7.90. The Kier molecular flexibility index (Phi) is 3.15. The molecule has 3 rings (SSSR count). The number of rotatable bonds is 2. The van der Waals surface area contributed by atoms with Crippen LogP contribution in [0.15, 0.2) is 53.4 Å². The number of fused-ring (bicyclic) bond motifs is 1. The van der Waals surface area contributed by atoms with Crippen molar-refractivity contribution in [2.75, 3.05) is 6.26 Å². The van der Waals surface area contributed by atoms with Crippen LogP contribution >= 0.6 is 11.3 Å². The average Bonchev–Trinajstić information content (AvgIpc) is 2.80. The number of sulfone groups is 1. The number of benzene rings is 2. The van der Waals surface area contributed by atoms with Gasteiger partial charge in [0.05, 0.1) is 4.90 Å². The van der Waals surface area contributed by atoms with Gasteiger partial charge in [0, 0.05) is 15.8 Å². The molecule has 0 amide bonds. The lowest BCUT2D eigenvalue weighted by Crippen LogP contribution is -1.97. The minimum absolute atomic E-state index is 0.380. The van der Waals surface area contributed by atoms with E-state index in [1.807, 2.05) is 25.1 Å². The summed E-state index contributed by atoms with van der Waals surface area (Å²) in [5.74, 6) is 0. The molecule has 0 radical (unpaired) electrons. The first-order chi connectivity index (χ1) is 9.43. The maximum atomic E-state index is 11.7. The largest absolute Gasteiger partial charge is 0.224 e. The van der Waals surface area contributed by atoms with Gasteiger partial charge < -0.3 is 0 Å². The molecule has 0 fully saturated rings. The van der Waals surface area contributed by atoms with Gasteiger partial charge >= 0.3 is 0 Å². The highest BCUT2D eigenvalue weighted by Crippen LogP contribution is 2.34. The van der Waals surface area contributed by atoms with Crippen molar-refractivity contribution in [2.24, 2.45) is 0 Å². The average molecular weight is 302 g/mol. The topological polar surface area (TPSA) is 34.1 Å². The van der Waals surface area contributed by atoms with Gasteiger partial charge in [0.15, 0.2) is 9.84 Å². The first-order valence-corrected chi connectivity index (χ1v) is 8.95. The van der Waals surface area contributed by atoms with Crippen LogP contribution in [-0.4, -0.2) is 14.7 Å². The molecule has 3 aromatic rings. The summed E-state index contributed by atoms with van der Waals surface area (Å²) < 4.78 is 24.7. The summed E-state index contributed by atoms with van der Waals surface area (Å²) in [6.45, 7) is 1.92. The number of hydrogen-bond donors (Lipinski definition) is 0. The summed E-state index contributed by atoms with van der Waals surface area (Å²) in [7, 11) is -3.18. The maximum Gasteiger partial charge on any atom is 0.175 e. The van der Waals surface area contributed by atoms with E-state index in [-0.39, 0.29) is 0 Å². The van der Waals surface area contributed by atoms with E-state index in [2.05, 4.69) is 18.2 Å². The quantitative estimate of drug-likeness (QED) is 0.708. The Morgan fingerprint density at radius 2 is 1.75 bits per heavy atom. The standard InChI is InChI=1S/C16H14O2S2/c1-11-7-13(9-14(8-11)20(2,17)18)16-10-12-5-3-4-6-15(12)19-16/h3-10H,1-2H3. The third-order valence-corrected chi connectivity index (χ3v) is 5.45. The number of hydrogen-bond acceptors (Lipinski definition) is 3. The number of aryl methyl sites for hydroxylation is 1. The van der Waals surface area contributed by atoms with Gasteiger partial charge in [-0.3, -0.25) is 0 Å². The molecule has 0 atom stereocenters. The molecule has 0 unspecified atom stereocenters. The molecule has 0 aliphatic carbocycles. The van der Waals surface area contributed by atoms with Crippen LogP contribution in [0.2, 0.25) is 0 Å². The van der Waals surface area contributed by atoms with E-state index in [0.29, 0.717) is 4.90 Å². The van der Waals surface area contributed by atoms with Crippen molar-refractivity contribution in [1.82, 2.24) is 0 Å². The minimum atomic E-state index is -3.18. The monoisotopic (exact) mass is 302 g/mol. The molecule has 0 saturated carbocycles. The summed E-state index contributed by atoms with van der Waals surface area (Å²) in [5, 5.41) is 1.19. The van der Waals surface area contributed by atoms with Crippen molar-refractivity contribution in [3.8, 4) is 10.4 Å². The van der Waals surface area contributed by atoms with E-state index in [9.17, 15) is 8.42 Å². The van der Waals surface area contributed by atoms with Crippen molar-refractivity contribution in [2.45, 2.75) is 11.8 Å². The fourth-order valence-corrected chi connectivity index (χ4v) is 4.02. The summed E-state index contributed by atoms with van der Waals surface area (Å²) in [6, 6.07) is 15.8. The van der Waals surface area contributed by atoms with Crippen molar-refractivity contribution in [3.63, 3.8) is 0 Å². The van der Waals surface area contributed by atoms with Gasteiger partial charge in [-0.15, -0.1) is 11.3 Å². The molecule has 0 N–H and O–H groups in total. The van der Waals surface area contributed by atoms with Crippen molar-refractivity contribution in [1.29, 1.82) is 0 Å². The molecule has 0 saturated heterocycles. The Morgan fingerprint density at radius 1 is 1.00 bits per heavy atom. The van der Waals surface area contributed by atoms with Gasteiger partial charge in [0.2, 0.25) is 0 Å². The molecule has 0 aliphatic heterocycles. The molecule has 0 spiro atoms. The molecular formula is C16H14O2S2. The minimum Gasteiger partial charge on any atom is -0.224 e. The van der Waals surface area contributed by atoms with Crippen molar-refractivity contribution >= 4 is 31.3 Å². The van der Waals surface area contributed by atoms with Gasteiger partial charge in [-0.05, 0) is 47.7 Å². The summed E-state index contributed by atoms with van der Waals surface area (Å²) >= 11 is 1.68. The van der Waals surface area contributed by atoms with Crippen LogP contribution in [0.5, 0.6) is 0 Å². The Bertz CT molecular complexity index is 857. The van der Waals surface area contributed by atoms with Crippen LogP contribution in [0, 0.1) is 6.92 Å². The Labute approximate surface area is 122 Å². The van der Waals surface area contributed by atoms with E-state index in [1.165, 1.54) is 16.3 Å². The smallest absolute Gasteiger partial charge is 0.175 e. The summed E-state index contributed by atoms with van der Waals surface area (Å²) in [6.07, 6.45) is 1.25. The first kappa shape index (κ1) is 13.3. The van der Waals surface area contributed by atoms with Crippen LogP contribution in [0.3, 0.4) is 0 Å². The molecule has 0 bridgehead atoms. The lowest BCUT2D eigenvalue weighted by Gasteiger charge is -2.04. The second-order valence-electron chi connectivity index (χ2n) is 4.96. The van der Waals surface area contributed by atoms with E-state index in [1.54, 1.807) is 23.5 Å². The Morgan fingerprint density at radius 3 is 2.45 bits per heavy atom. The third-order valence-electron chi connectivity index (χ3n) is 3.19. The molecule has 1 aromatic heterocycles. The zero-order valence-corrected chi connectivity index (χ0v) is 12.9. The fraction of sp³-hybridized carbons (Fsp3) is 0.125. The summed E-state index contributed by atoms with van der Waals surface area (Å²) in [4.78, 5) is 1.48. The lowest BCUT2D eigenvalue weighted by molar-refractivity contribution is 0.602. The molecule has 0 aliphatic rings. The van der Waals surface area contributed by atoms with E-state index in [0.717, 1.165) is 16.0 Å². The van der Waals surface area contributed by atoms with E-state index >= 15 is 0 Å². The molecule has 4 heteroatoms. The van der Waals surface area contributed by atoms with Crippen molar-refractivity contribution in [3.05, 3.63) is 54.1 Å². The van der Waals surface area contributed by atoms with E-state index in [4.69, 9.17) is 0 Å². The van der Waals surface area contributed by atoms with E-state index < -0.39 is 9.84 Å². The molecule has 1 heterocycles. The second kappa shape index (κ2) is 4.72. The first-order valence-electron chi connectivity index (χ1n) is 6.24. The highest BCUT2D eigenvalue weighted by Gasteiger charge is 2.11. The molecule has 20 heavy (non-hydrogen) atoms. The number of thiophene rings is 1. The van der Waals surface area contributed by atoms with Crippen LogP contribution < -0.4 is 0 Å². The van der Waals surface area contributed by atoms with Gasteiger partial charge in [-0.2, -0.15) is 0 Å². The zero-order valence-electron chi connectivity index (χ0n) is 11.3. The zero-order chi connectivity index (χ0) is 14.3. The van der Waals surface area contributed by atoms with Gasteiger partial charge in [-0.25, -0.2) is 8.42 Å². The maximum absolute atomic E-state index is 11.7. The molecule has 2 aromatic carbocycles. The van der Waals surface area contributed by atoms with Crippen LogP contribution in [-0.2, 0) is 9.84 Å². The summed E-state index contributed by atoms with van der Waals surface area (Å²) in [5.41, 5.74) is 1.92. The van der Waals surface area contributed by atoms with Crippen LogP contribution in [0.25, 0.3) is 20.5 Å². The highest BCUT2D eigenvalue weighted by atomic mass is 32.2. The Hall–Kier alpha value is -1.65. The van der Waals surface area contributed by atoms with Crippen molar-refractivity contribution < 1.29 is 8.42 Å². The molecule has 2 nitrogen and oxygen atoms in total. The Balaban J connectivity index is 2.21. The van der Waals surface area contributed by atoms with Crippen LogP contribution in [0.4, 0.5) is 0 Å². The SMILES string of the molecule is Cc1cc(-c2cc3ccccc3s2)cc(S(C)(=O)=O)c1. The van der Waals surface area contributed by atoms with Gasteiger partial charge in [0.1, 0.15) is 0 Å². The molecular weight excluding hydrogens is 288 g/mol.